The average Bonchev–Trinajstić information content (AvgIpc) is 2.25. The van der Waals surface area contributed by atoms with Crippen LogP contribution < -0.4 is 5.32 Å². The summed E-state index contributed by atoms with van der Waals surface area (Å²) in [6, 6.07) is 3.52. The molecule has 1 aromatic rings. The lowest BCUT2D eigenvalue weighted by Gasteiger charge is -2.11. The van der Waals surface area contributed by atoms with Gasteiger partial charge in [0.05, 0.1) is 5.56 Å². The van der Waals surface area contributed by atoms with Gasteiger partial charge in [-0.05, 0) is 41.1 Å². The van der Waals surface area contributed by atoms with Crippen LogP contribution in [0.1, 0.15) is 18.9 Å². The van der Waals surface area contributed by atoms with E-state index < -0.39 is 11.7 Å². The molecule has 17 heavy (non-hydrogen) atoms. The van der Waals surface area contributed by atoms with Crippen LogP contribution in [0.5, 0.6) is 0 Å². The first-order valence-corrected chi connectivity index (χ1v) is 5.74. The number of benzene rings is 1. The zero-order chi connectivity index (χ0) is 12.9. The smallest absolute Gasteiger partial charge is 0.383 e. The Hall–Kier alpha value is -1.15. The number of alkyl halides is 3. The molecule has 1 nitrogen and oxygen atoms in total. The molecular formula is C12H11BrF3N. The van der Waals surface area contributed by atoms with Crippen molar-refractivity contribution in [1.29, 1.82) is 0 Å². The molecule has 1 aromatic carbocycles. The van der Waals surface area contributed by atoms with Crippen molar-refractivity contribution in [3.05, 3.63) is 28.2 Å². The van der Waals surface area contributed by atoms with Gasteiger partial charge in [-0.1, -0.05) is 0 Å². The Morgan fingerprint density at radius 2 is 2.06 bits per heavy atom. The fraction of sp³-hybridized carbons (Fsp3) is 0.333. The van der Waals surface area contributed by atoms with Gasteiger partial charge in [0.25, 0.3) is 0 Å². The number of hydrogen-bond donors (Lipinski definition) is 1. The predicted octanol–water partition coefficient (Wildman–Crippen LogP) is 4.29. The summed E-state index contributed by atoms with van der Waals surface area (Å²) in [6.45, 7) is 2.24. The van der Waals surface area contributed by atoms with Crippen LogP contribution in [0, 0.1) is 11.8 Å². The Morgan fingerprint density at radius 3 is 2.65 bits per heavy atom. The van der Waals surface area contributed by atoms with Gasteiger partial charge in [0, 0.05) is 23.1 Å². The molecule has 0 bridgehead atoms. The molecule has 0 spiro atoms. The van der Waals surface area contributed by atoms with Crippen molar-refractivity contribution in [2.24, 2.45) is 0 Å². The molecule has 0 fully saturated rings. The normalized spacial score (nSPS) is 10.6. The molecular weight excluding hydrogens is 295 g/mol. The molecule has 0 aliphatic rings. The molecule has 0 saturated heterocycles. The number of nitrogens with one attached hydrogen (secondary N) is 1. The minimum absolute atomic E-state index is 0.428. The number of halogens is 4. The number of hydrogen-bond acceptors (Lipinski definition) is 1. The van der Waals surface area contributed by atoms with Gasteiger partial charge in [-0.2, -0.15) is 13.2 Å². The fourth-order valence-corrected chi connectivity index (χ4v) is 1.61. The van der Waals surface area contributed by atoms with Crippen molar-refractivity contribution in [3.63, 3.8) is 0 Å². The highest BCUT2D eigenvalue weighted by atomic mass is 79.9. The summed E-state index contributed by atoms with van der Waals surface area (Å²) in [4.78, 5) is 0. The van der Waals surface area contributed by atoms with Crippen LogP contribution in [0.15, 0.2) is 22.7 Å². The monoisotopic (exact) mass is 305 g/mol. The summed E-state index contributed by atoms with van der Waals surface area (Å²) in [5.41, 5.74) is -0.234. The highest BCUT2D eigenvalue weighted by Crippen LogP contribution is 2.33. The maximum Gasteiger partial charge on any atom is 0.416 e. The predicted molar refractivity (Wildman–Crippen MR) is 65.7 cm³/mol. The SMILES string of the molecule is CC#CCCNc1cc(C(F)(F)F)ccc1Br. The van der Waals surface area contributed by atoms with Crippen LogP contribution in [0.25, 0.3) is 0 Å². The molecule has 1 N–H and O–H groups in total. The van der Waals surface area contributed by atoms with E-state index in [2.05, 4.69) is 33.1 Å². The fourth-order valence-electron chi connectivity index (χ4n) is 1.22. The second-order valence-corrected chi connectivity index (χ2v) is 4.15. The lowest BCUT2D eigenvalue weighted by Crippen LogP contribution is -2.07. The lowest BCUT2D eigenvalue weighted by molar-refractivity contribution is -0.137. The Morgan fingerprint density at radius 1 is 1.35 bits per heavy atom. The second kappa shape index (κ2) is 5.97. The van der Waals surface area contributed by atoms with E-state index in [1.807, 2.05) is 0 Å². The van der Waals surface area contributed by atoms with E-state index in [0.29, 0.717) is 23.1 Å². The summed E-state index contributed by atoms with van der Waals surface area (Å²) in [6.07, 6.45) is -3.72. The first-order chi connectivity index (χ1) is 7.95. The highest BCUT2D eigenvalue weighted by molar-refractivity contribution is 9.10. The minimum atomic E-state index is -4.32. The van der Waals surface area contributed by atoms with Crippen molar-refractivity contribution in [2.75, 3.05) is 11.9 Å². The summed E-state index contributed by atoms with van der Waals surface area (Å²) >= 11 is 3.20. The van der Waals surface area contributed by atoms with E-state index in [1.54, 1.807) is 6.92 Å². The van der Waals surface area contributed by atoms with Crippen molar-refractivity contribution in [3.8, 4) is 11.8 Å². The average molecular weight is 306 g/mol. The molecule has 0 aromatic heterocycles. The molecule has 0 amide bonds. The van der Waals surface area contributed by atoms with Crippen molar-refractivity contribution < 1.29 is 13.2 Å². The summed E-state index contributed by atoms with van der Waals surface area (Å²) in [7, 11) is 0. The Kier molecular flexibility index (Phi) is 4.88. The van der Waals surface area contributed by atoms with E-state index in [-0.39, 0.29) is 0 Å². The van der Waals surface area contributed by atoms with Crippen LogP contribution in [-0.2, 0) is 6.18 Å². The highest BCUT2D eigenvalue weighted by Gasteiger charge is 2.30. The summed E-state index contributed by atoms with van der Waals surface area (Å²) in [5, 5.41) is 2.91. The first-order valence-electron chi connectivity index (χ1n) is 4.95. The lowest BCUT2D eigenvalue weighted by atomic mass is 10.2. The molecule has 0 atom stereocenters. The number of anilines is 1. The van der Waals surface area contributed by atoms with Gasteiger partial charge in [0.1, 0.15) is 0 Å². The van der Waals surface area contributed by atoms with Crippen LogP contribution in [0.2, 0.25) is 0 Å². The zero-order valence-electron chi connectivity index (χ0n) is 9.16. The topological polar surface area (TPSA) is 12.0 Å². The van der Waals surface area contributed by atoms with E-state index >= 15 is 0 Å². The molecule has 5 heteroatoms. The van der Waals surface area contributed by atoms with Gasteiger partial charge >= 0.3 is 6.18 Å². The molecule has 0 radical (unpaired) electrons. The van der Waals surface area contributed by atoms with Crippen LogP contribution in [0.3, 0.4) is 0 Å². The van der Waals surface area contributed by atoms with Gasteiger partial charge < -0.3 is 5.32 Å². The largest absolute Gasteiger partial charge is 0.416 e. The molecule has 0 unspecified atom stereocenters. The summed E-state index contributed by atoms with van der Waals surface area (Å²) in [5.74, 6) is 5.56. The Bertz CT molecular complexity index is 443. The van der Waals surface area contributed by atoms with Crippen LogP contribution >= 0.6 is 15.9 Å². The van der Waals surface area contributed by atoms with Crippen LogP contribution in [-0.4, -0.2) is 6.54 Å². The van der Waals surface area contributed by atoms with E-state index in [0.717, 1.165) is 12.1 Å². The summed E-state index contributed by atoms with van der Waals surface area (Å²) < 4.78 is 38.0. The molecule has 1 rings (SSSR count). The maximum absolute atomic E-state index is 12.5. The third kappa shape index (κ3) is 4.31. The van der Waals surface area contributed by atoms with Crippen molar-refractivity contribution >= 4 is 21.6 Å². The molecule has 92 valence electrons. The quantitative estimate of drug-likeness (QED) is 0.649. The van der Waals surface area contributed by atoms with Crippen molar-refractivity contribution in [2.45, 2.75) is 19.5 Å². The molecule has 0 aliphatic carbocycles. The second-order valence-electron chi connectivity index (χ2n) is 3.30. The van der Waals surface area contributed by atoms with E-state index in [9.17, 15) is 13.2 Å². The standard InChI is InChI=1S/C12H11BrF3N/c1-2-3-4-7-17-11-8-9(12(14,15)16)5-6-10(11)13/h5-6,8,17H,4,7H2,1H3. The van der Waals surface area contributed by atoms with E-state index in [4.69, 9.17) is 0 Å². The van der Waals surface area contributed by atoms with Gasteiger partial charge in [-0.15, -0.1) is 11.8 Å². The Balaban J connectivity index is 2.79. The minimum Gasteiger partial charge on any atom is -0.383 e. The van der Waals surface area contributed by atoms with E-state index in [1.165, 1.54) is 6.07 Å². The first kappa shape index (κ1) is 13.9. The van der Waals surface area contributed by atoms with Gasteiger partial charge in [-0.3, -0.25) is 0 Å². The third-order valence-electron chi connectivity index (χ3n) is 2.04. The zero-order valence-corrected chi connectivity index (χ0v) is 10.7. The molecule has 0 aliphatic heterocycles. The van der Waals surface area contributed by atoms with Crippen molar-refractivity contribution in [1.82, 2.24) is 0 Å². The van der Waals surface area contributed by atoms with Gasteiger partial charge in [-0.25, -0.2) is 0 Å². The van der Waals surface area contributed by atoms with Crippen LogP contribution in [0.4, 0.5) is 18.9 Å². The van der Waals surface area contributed by atoms with Gasteiger partial charge in [0.15, 0.2) is 0 Å². The third-order valence-corrected chi connectivity index (χ3v) is 2.73. The maximum atomic E-state index is 12.5. The van der Waals surface area contributed by atoms with Gasteiger partial charge in [0.2, 0.25) is 0 Å². The Labute approximate surface area is 107 Å². The molecule has 0 heterocycles. The molecule has 0 saturated carbocycles. The number of rotatable bonds is 3.